The Hall–Kier alpha value is -2.38. The van der Waals surface area contributed by atoms with E-state index < -0.39 is 0 Å². The summed E-state index contributed by atoms with van der Waals surface area (Å²) in [6.45, 7) is 2.07. The Kier molecular flexibility index (Phi) is 6.18. The molecule has 0 unspecified atom stereocenters. The van der Waals surface area contributed by atoms with E-state index in [1.165, 1.54) is 23.7 Å². The van der Waals surface area contributed by atoms with E-state index in [0.29, 0.717) is 5.16 Å². The number of nitrogens with zero attached hydrogens (tertiary/aromatic N) is 1. The Bertz CT molecular complexity index is 1260. The van der Waals surface area contributed by atoms with Crippen molar-refractivity contribution in [3.8, 4) is 11.3 Å². The van der Waals surface area contributed by atoms with Crippen LogP contribution in [0.5, 0.6) is 0 Å². The quantitative estimate of drug-likeness (QED) is 0.325. The molecule has 2 aliphatic rings. The molecule has 0 atom stereocenters. The van der Waals surface area contributed by atoms with Gasteiger partial charge in [0.15, 0.2) is 5.16 Å². The van der Waals surface area contributed by atoms with Crippen LogP contribution in [0.2, 0.25) is 0 Å². The van der Waals surface area contributed by atoms with E-state index in [1.54, 1.807) is 0 Å². The predicted octanol–water partition coefficient (Wildman–Crippen LogP) is 6.00. The highest BCUT2D eigenvalue weighted by molar-refractivity contribution is 9.10. The lowest BCUT2D eigenvalue weighted by Gasteiger charge is -2.41. The van der Waals surface area contributed by atoms with Gasteiger partial charge in [-0.1, -0.05) is 64.7 Å². The highest BCUT2D eigenvalue weighted by atomic mass is 79.9. The van der Waals surface area contributed by atoms with E-state index in [1.807, 2.05) is 24.3 Å². The van der Waals surface area contributed by atoms with Crippen LogP contribution in [-0.2, 0) is 16.6 Å². The van der Waals surface area contributed by atoms with E-state index in [0.717, 1.165) is 64.6 Å². The van der Waals surface area contributed by atoms with Gasteiger partial charge in [-0.3, -0.25) is 9.59 Å². The first-order valence-electron chi connectivity index (χ1n) is 11.4. The number of hydrogen-bond donors (Lipinski definition) is 2. The van der Waals surface area contributed by atoms with Gasteiger partial charge in [-0.2, -0.15) is 0 Å². The fraction of sp³-hybridized carbons (Fsp3) is 0.346. The normalized spacial score (nSPS) is 16.2. The number of anilines is 1. The molecule has 2 N–H and O–H groups in total. The second-order valence-electron chi connectivity index (χ2n) is 9.12. The fourth-order valence-electron chi connectivity index (χ4n) is 5.25. The van der Waals surface area contributed by atoms with Crippen molar-refractivity contribution in [3.05, 3.63) is 74.0 Å². The molecule has 2 aromatic carbocycles. The van der Waals surface area contributed by atoms with Crippen LogP contribution in [0.25, 0.3) is 11.3 Å². The number of hydrogen-bond acceptors (Lipinski definition) is 4. The maximum absolute atomic E-state index is 13.4. The number of carbonyl (C=O) groups excluding carboxylic acids is 1. The molecule has 5 rings (SSSR count). The number of halogens is 1. The zero-order chi connectivity index (χ0) is 23.0. The van der Waals surface area contributed by atoms with E-state index in [-0.39, 0.29) is 22.6 Å². The third kappa shape index (κ3) is 4.53. The van der Waals surface area contributed by atoms with Crippen LogP contribution in [0.4, 0.5) is 5.69 Å². The van der Waals surface area contributed by atoms with Crippen molar-refractivity contribution in [1.29, 1.82) is 0 Å². The first-order chi connectivity index (χ1) is 15.9. The molecule has 1 saturated carbocycles. The van der Waals surface area contributed by atoms with Crippen molar-refractivity contribution in [2.75, 3.05) is 11.1 Å². The Labute approximate surface area is 205 Å². The summed E-state index contributed by atoms with van der Waals surface area (Å²) in [6, 6.07) is 13.9. The minimum Gasteiger partial charge on any atom is -0.325 e. The number of fused-ring (bicyclic) bond motifs is 4. The third-order valence-corrected chi connectivity index (χ3v) is 8.16. The number of amides is 1. The van der Waals surface area contributed by atoms with Crippen molar-refractivity contribution in [2.45, 2.75) is 56.0 Å². The zero-order valence-corrected chi connectivity index (χ0v) is 20.9. The molecular weight excluding hydrogens is 498 g/mol. The van der Waals surface area contributed by atoms with Crippen LogP contribution >= 0.6 is 27.7 Å². The molecule has 2 aliphatic carbocycles. The average molecular weight is 524 g/mol. The Morgan fingerprint density at radius 2 is 1.91 bits per heavy atom. The Morgan fingerprint density at radius 1 is 1.15 bits per heavy atom. The van der Waals surface area contributed by atoms with Crippen LogP contribution in [0, 0.1) is 6.92 Å². The minimum absolute atomic E-state index is 0.0510. The highest BCUT2D eigenvalue weighted by Crippen LogP contribution is 2.48. The smallest absolute Gasteiger partial charge is 0.255 e. The number of H-pyrrole nitrogens is 1. The lowest BCUT2D eigenvalue weighted by atomic mass is 9.62. The molecule has 0 aliphatic heterocycles. The fourth-order valence-corrected chi connectivity index (χ4v) is 6.17. The Balaban J connectivity index is 1.45. The van der Waals surface area contributed by atoms with Gasteiger partial charge in [-0.25, -0.2) is 4.98 Å². The summed E-state index contributed by atoms with van der Waals surface area (Å²) in [4.78, 5) is 33.8. The minimum atomic E-state index is -0.136. The standard InChI is InChI=1S/C26H26BrN3O2S/c1-16-5-6-17-14-26(11-3-2-4-12-26)22-23(20(17)13-16)29-25(30-24(22)32)33-15-21(31)28-19-9-7-18(27)8-10-19/h5-10,13H,2-4,11-12,14-15H2,1H3,(H,28,31)(H,29,30,32). The summed E-state index contributed by atoms with van der Waals surface area (Å²) in [5.74, 6) is 0.0338. The van der Waals surface area contributed by atoms with Crippen LogP contribution in [0.3, 0.4) is 0 Å². The van der Waals surface area contributed by atoms with Crippen LogP contribution in [0.15, 0.2) is 56.9 Å². The summed E-state index contributed by atoms with van der Waals surface area (Å²) in [5.41, 5.74) is 5.71. The molecule has 0 bridgehead atoms. The SMILES string of the molecule is Cc1ccc2c(c1)-c1nc(SCC(=O)Nc3ccc(Br)cc3)[nH]c(=O)c1C1(CCCCC1)C2. The first kappa shape index (κ1) is 22.4. The van der Waals surface area contributed by atoms with Crippen LogP contribution in [0.1, 0.15) is 48.8 Å². The van der Waals surface area contributed by atoms with Crippen molar-refractivity contribution in [3.63, 3.8) is 0 Å². The molecule has 33 heavy (non-hydrogen) atoms. The number of benzene rings is 2. The lowest BCUT2D eigenvalue weighted by Crippen LogP contribution is -2.40. The number of aryl methyl sites for hydroxylation is 1. The number of thioether (sulfide) groups is 1. The number of aromatic nitrogens is 2. The number of rotatable bonds is 4. The number of carbonyl (C=O) groups is 1. The van der Waals surface area contributed by atoms with Crippen molar-refractivity contribution in [2.24, 2.45) is 0 Å². The van der Waals surface area contributed by atoms with Gasteiger partial charge in [0.05, 0.1) is 17.0 Å². The Morgan fingerprint density at radius 3 is 2.67 bits per heavy atom. The summed E-state index contributed by atoms with van der Waals surface area (Å²) in [6.07, 6.45) is 6.48. The molecule has 1 aromatic heterocycles. The average Bonchev–Trinajstić information content (AvgIpc) is 2.80. The number of aromatic amines is 1. The maximum atomic E-state index is 13.4. The summed E-state index contributed by atoms with van der Waals surface area (Å²) < 4.78 is 0.956. The second-order valence-corrected chi connectivity index (χ2v) is 11.0. The second kappa shape index (κ2) is 9.11. The predicted molar refractivity (Wildman–Crippen MR) is 137 cm³/mol. The zero-order valence-electron chi connectivity index (χ0n) is 18.5. The summed E-state index contributed by atoms with van der Waals surface area (Å²) in [7, 11) is 0. The molecule has 1 heterocycles. The van der Waals surface area contributed by atoms with Gasteiger partial charge in [0, 0.05) is 21.1 Å². The largest absolute Gasteiger partial charge is 0.325 e. The monoisotopic (exact) mass is 523 g/mol. The molecule has 3 aromatic rings. The van der Waals surface area contributed by atoms with Gasteiger partial charge in [0.25, 0.3) is 5.56 Å². The molecule has 0 saturated heterocycles. The molecule has 5 nitrogen and oxygen atoms in total. The van der Waals surface area contributed by atoms with Gasteiger partial charge >= 0.3 is 0 Å². The highest BCUT2D eigenvalue weighted by Gasteiger charge is 2.42. The van der Waals surface area contributed by atoms with E-state index >= 15 is 0 Å². The van der Waals surface area contributed by atoms with Crippen LogP contribution in [-0.4, -0.2) is 21.6 Å². The molecule has 170 valence electrons. The van der Waals surface area contributed by atoms with E-state index in [9.17, 15) is 9.59 Å². The van der Waals surface area contributed by atoms with Gasteiger partial charge in [0.1, 0.15) is 0 Å². The topological polar surface area (TPSA) is 74.8 Å². The number of nitrogens with one attached hydrogen (secondary N) is 2. The third-order valence-electron chi connectivity index (χ3n) is 6.76. The molecule has 1 spiro atoms. The van der Waals surface area contributed by atoms with E-state index in [4.69, 9.17) is 4.98 Å². The van der Waals surface area contributed by atoms with Gasteiger partial charge < -0.3 is 10.3 Å². The summed E-state index contributed by atoms with van der Waals surface area (Å²) in [5, 5.41) is 3.38. The van der Waals surface area contributed by atoms with Crippen molar-refractivity contribution in [1.82, 2.24) is 9.97 Å². The van der Waals surface area contributed by atoms with E-state index in [2.05, 4.69) is 51.4 Å². The van der Waals surface area contributed by atoms with Crippen molar-refractivity contribution < 1.29 is 4.79 Å². The first-order valence-corrected chi connectivity index (χ1v) is 13.1. The molecule has 1 amide bonds. The molecule has 1 fully saturated rings. The van der Waals surface area contributed by atoms with Crippen molar-refractivity contribution >= 4 is 39.3 Å². The molecular formula is C26H26BrN3O2S. The van der Waals surface area contributed by atoms with Gasteiger partial charge in [-0.05, 0) is 62.1 Å². The van der Waals surface area contributed by atoms with Crippen LogP contribution < -0.4 is 10.9 Å². The van der Waals surface area contributed by atoms with Gasteiger partial charge in [-0.15, -0.1) is 0 Å². The maximum Gasteiger partial charge on any atom is 0.255 e. The summed E-state index contributed by atoms with van der Waals surface area (Å²) >= 11 is 4.66. The molecule has 7 heteroatoms. The molecule has 0 radical (unpaired) electrons. The lowest BCUT2D eigenvalue weighted by molar-refractivity contribution is -0.113. The van der Waals surface area contributed by atoms with Gasteiger partial charge in [0.2, 0.25) is 5.91 Å².